The van der Waals surface area contributed by atoms with Gasteiger partial charge in [-0.3, -0.25) is 9.36 Å². The molecule has 4 rings (SSSR count). The first-order chi connectivity index (χ1) is 13.4. The molecule has 1 aliphatic carbocycles. The number of hydrogen-bond acceptors (Lipinski definition) is 4. The lowest BCUT2D eigenvalue weighted by Crippen LogP contribution is -2.12. The molecule has 5 nitrogen and oxygen atoms in total. The van der Waals surface area contributed by atoms with Crippen LogP contribution in [0.2, 0.25) is 10.8 Å². The second kappa shape index (κ2) is 7.49. The van der Waals surface area contributed by atoms with Gasteiger partial charge in [-0.05, 0) is 31.3 Å². The Hall–Kier alpha value is -2.51. The normalized spacial score (nSPS) is 16.6. The van der Waals surface area contributed by atoms with Gasteiger partial charge >= 0.3 is 0 Å². The summed E-state index contributed by atoms with van der Waals surface area (Å²) in [6.45, 7) is 1.90. The van der Waals surface area contributed by atoms with Gasteiger partial charge in [0.1, 0.15) is 35.9 Å². The molecule has 1 aliphatic rings. The minimum absolute atomic E-state index is 0.327. The number of benzene rings is 1. The molecular formula is C20H19BClN3O2S. The minimum atomic E-state index is -0.518. The fourth-order valence-corrected chi connectivity index (χ4v) is 4.55. The molecule has 0 fully saturated rings. The summed E-state index contributed by atoms with van der Waals surface area (Å²) in [5, 5.41) is 1.46. The third-order valence-corrected chi connectivity index (χ3v) is 6.25. The summed E-state index contributed by atoms with van der Waals surface area (Å²) in [6, 6.07) is 9.33. The molecule has 8 heteroatoms. The summed E-state index contributed by atoms with van der Waals surface area (Å²) in [5.41, 5.74) is 8.54. The highest BCUT2D eigenvalue weighted by molar-refractivity contribution is 7.16. The van der Waals surface area contributed by atoms with Crippen molar-refractivity contribution in [3.8, 4) is 10.8 Å². The number of primary amides is 1. The highest BCUT2D eigenvalue weighted by Gasteiger charge is 2.22. The van der Waals surface area contributed by atoms with Gasteiger partial charge < -0.3 is 10.5 Å². The van der Waals surface area contributed by atoms with Crippen LogP contribution < -0.4 is 10.5 Å². The second-order valence-corrected chi connectivity index (χ2v) is 8.35. The first kappa shape index (κ1) is 18.8. The molecule has 2 unspecified atom stereocenters. The molecule has 1 amide bonds. The van der Waals surface area contributed by atoms with E-state index in [1.54, 1.807) is 6.33 Å². The summed E-state index contributed by atoms with van der Waals surface area (Å²) >= 11 is 7.57. The van der Waals surface area contributed by atoms with E-state index >= 15 is 0 Å². The Morgan fingerprint density at radius 1 is 1.46 bits per heavy atom. The standard InChI is InChI=1S/C20H19BClN3O2S/c1-11(13-4-2-3-5-14(13)22)27-17-9-18(28-19(17)20(23)26)25-10-24-15-8-12(21)6-7-16(15)25/h2-7,9-12H,8,21H2,1H3,(H2,23,26). The summed E-state index contributed by atoms with van der Waals surface area (Å²) < 4.78 is 8.06. The molecule has 3 aromatic rings. The van der Waals surface area contributed by atoms with Crippen LogP contribution in [0.25, 0.3) is 11.1 Å². The van der Waals surface area contributed by atoms with E-state index < -0.39 is 5.91 Å². The average Bonchev–Trinajstić information content (AvgIpc) is 3.25. The lowest BCUT2D eigenvalue weighted by molar-refractivity contribution is 0.0998. The Morgan fingerprint density at radius 3 is 3.00 bits per heavy atom. The number of carbonyl (C=O) groups excluding carboxylic acids is 1. The molecule has 28 heavy (non-hydrogen) atoms. The van der Waals surface area contributed by atoms with E-state index in [9.17, 15) is 4.79 Å². The first-order valence-corrected chi connectivity index (χ1v) is 10.2. The Balaban J connectivity index is 1.69. The number of amides is 1. The monoisotopic (exact) mass is 411 g/mol. The third kappa shape index (κ3) is 3.47. The van der Waals surface area contributed by atoms with Gasteiger partial charge in [-0.15, -0.1) is 11.3 Å². The van der Waals surface area contributed by atoms with E-state index in [4.69, 9.17) is 22.1 Å². The Morgan fingerprint density at radius 2 is 2.25 bits per heavy atom. The van der Waals surface area contributed by atoms with Crippen molar-refractivity contribution < 1.29 is 9.53 Å². The number of ether oxygens (including phenoxy) is 1. The summed E-state index contributed by atoms with van der Waals surface area (Å²) in [6.07, 6.45) is 6.60. The van der Waals surface area contributed by atoms with Crippen molar-refractivity contribution in [1.29, 1.82) is 0 Å². The Kier molecular flexibility index (Phi) is 5.04. The molecule has 0 aliphatic heterocycles. The van der Waals surface area contributed by atoms with E-state index in [-0.39, 0.29) is 6.10 Å². The van der Waals surface area contributed by atoms with Crippen LogP contribution in [0, 0.1) is 0 Å². The van der Waals surface area contributed by atoms with E-state index in [1.165, 1.54) is 11.3 Å². The summed E-state index contributed by atoms with van der Waals surface area (Å²) in [4.78, 5) is 16.9. The van der Waals surface area contributed by atoms with Crippen molar-refractivity contribution in [2.24, 2.45) is 5.73 Å². The number of rotatable bonds is 5. The summed E-state index contributed by atoms with van der Waals surface area (Å²) in [5.74, 6) is 0.405. The van der Waals surface area contributed by atoms with Gasteiger partial charge in [-0.2, -0.15) is 0 Å². The Labute approximate surface area is 173 Å². The molecule has 2 N–H and O–H groups in total. The number of halogens is 1. The molecule has 2 aromatic heterocycles. The zero-order chi connectivity index (χ0) is 19.8. The quantitative estimate of drug-likeness (QED) is 0.649. The zero-order valence-corrected chi connectivity index (χ0v) is 17.1. The van der Waals surface area contributed by atoms with E-state index in [0.717, 1.165) is 28.4 Å². The lowest BCUT2D eigenvalue weighted by atomic mass is 9.80. The SMILES string of the molecule is BC1C=Cc2c(ncn2-c2cc(OC(C)c3ccccc3Cl)c(C(N)=O)s2)C1. The Bertz CT molecular complexity index is 1080. The second-order valence-electron chi connectivity index (χ2n) is 6.91. The van der Waals surface area contributed by atoms with Crippen LogP contribution in [0.1, 0.15) is 39.7 Å². The van der Waals surface area contributed by atoms with Crippen molar-refractivity contribution in [1.82, 2.24) is 9.55 Å². The number of hydrogen-bond donors (Lipinski definition) is 1. The maximum absolute atomic E-state index is 12.0. The van der Waals surface area contributed by atoms with Crippen LogP contribution in [0.5, 0.6) is 5.75 Å². The topological polar surface area (TPSA) is 70.1 Å². The van der Waals surface area contributed by atoms with Crippen molar-refractivity contribution in [3.63, 3.8) is 0 Å². The highest BCUT2D eigenvalue weighted by atomic mass is 35.5. The summed E-state index contributed by atoms with van der Waals surface area (Å²) in [7, 11) is 2.16. The van der Waals surface area contributed by atoms with E-state index in [1.807, 2.05) is 41.8 Å². The van der Waals surface area contributed by atoms with Crippen LogP contribution in [0.4, 0.5) is 0 Å². The molecule has 0 bridgehead atoms. The maximum Gasteiger partial charge on any atom is 0.262 e. The number of nitrogens with two attached hydrogens (primary N) is 1. The fraction of sp³-hybridized carbons (Fsp3) is 0.200. The van der Waals surface area contributed by atoms with Gasteiger partial charge in [0.2, 0.25) is 0 Å². The predicted octanol–water partition coefficient (Wildman–Crippen LogP) is 3.82. The van der Waals surface area contributed by atoms with E-state index in [2.05, 4.69) is 25.0 Å². The zero-order valence-electron chi connectivity index (χ0n) is 15.6. The molecule has 142 valence electrons. The maximum atomic E-state index is 12.0. The molecule has 2 heterocycles. The van der Waals surface area contributed by atoms with Crippen molar-refractivity contribution >= 4 is 42.8 Å². The first-order valence-electron chi connectivity index (χ1n) is 9.03. The minimum Gasteiger partial charge on any atom is -0.484 e. The number of aromatic nitrogens is 2. The molecule has 0 saturated carbocycles. The number of carbonyl (C=O) groups is 1. The van der Waals surface area contributed by atoms with Crippen LogP contribution >= 0.6 is 22.9 Å². The largest absolute Gasteiger partial charge is 0.484 e. The van der Waals surface area contributed by atoms with Crippen LogP contribution in [0.3, 0.4) is 0 Å². The highest BCUT2D eigenvalue weighted by Crippen LogP contribution is 2.37. The van der Waals surface area contributed by atoms with Gasteiger partial charge in [-0.25, -0.2) is 4.98 Å². The predicted molar refractivity (Wildman–Crippen MR) is 115 cm³/mol. The van der Waals surface area contributed by atoms with Crippen LogP contribution in [-0.2, 0) is 6.42 Å². The number of nitrogens with zero attached hydrogens (tertiary/aromatic N) is 2. The van der Waals surface area contributed by atoms with Gasteiger partial charge in [0.15, 0.2) is 0 Å². The van der Waals surface area contributed by atoms with Gasteiger partial charge in [0.05, 0.1) is 11.4 Å². The molecule has 0 spiro atoms. The van der Waals surface area contributed by atoms with Crippen molar-refractivity contribution in [2.45, 2.75) is 25.3 Å². The molecule has 0 saturated heterocycles. The molecule has 2 atom stereocenters. The third-order valence-electron chi connectivity index (χ3n) is 4.78. The average molecular weight is 412 g/mol. The van der Waals surface area contributed by atoms with Crippen LogP contribution in [0.15, 0.2) is 42.7 Å². The number of fused-ring (bicyclic) bond motifs is 1. The van der Waals surface area contributed by atoms with E-state index in [0.29, 0.717) is 21.5 Å². The molecule has 0 radical (unpaired) electrons. The van der Waals surface area contributed by atoms with Gasteiger partial charge in [0, 0.05) is 16.7 Å². The smallest absolute Gasteiger partial charge is 0.262 e. The number of thiophene rings is 1. The van der Waals surface area contributed by atoms with Crippen molar-refractivity contribution in [3.05, 3.63) is 69.6 Å². The number of allylic oxidation sites excluding steroid dienone is 1. The van der Waals surface area contributed by atoms with Gasteiger partial charge in [-0.1, -0.05) is 35.9 Å². The van der Waals surface area contributed by atoms with Gasteiger partial charge in [0.25, 0.3) is 5.91 Å². The number of imidazole rings is 1. The van der Waals surface area contributed by atoms with Crippen LogP contribution in [-0.4, -0.2) is 23.3 Å². The fourth-order valence-electron chi connectivity index (χ4n) is 3.33. The molecule has 1 aromatic carbocycles. The molecular weight excluding hydrogens is 393 g/mol. The lowest BCUT2D eigenvalue weighted by Gasteiger charge is -2.16. The van der Waals surface area contributed by atoms with Crippen molar-refractivity contribution in [2.75, 3.05) is 0 Å².